The maximum atomic E-state index is 9.82. The Hall–Kier alpha value is -1.10. The fourth-order valence-corrected chi connectivity index (χ4v) is 0.354. The van der Waals surface area contributed by atoms with E-state index in [2.05, 4.69) is 10.1 Å². The van der Waals surface area contributed by atoms with Crippen LogP contribution in [0.25, 0.3) is 0 Å². The number of hydrogen-bond acceptors (Lipinski definition) is 4. The Morgan fingerprint density at radius 3 is 2.00 bits per heavy atom. The van der Waals surface area contributed by atoms with Gasteiger partial charge in [0.05, 0.1) is 13.2 Å². The van der Waals surface area contributed by atoms with E-state index in [9.17, 15) is 9.59 Å². The Balaban J connectivity index is 0. The van der Waals surface area contributed by atoms with E-state index in [1.54, 1.807) is 14.0 Å². The maximum Gasteiger partial charge on any atom is 0.317 e. The van der Waals surface area contributed by atoms with Crippen molar-refractivity contribution in [2.75, 3.05) is 20.2 Å². The van der Waals surface area contributed by atoms with Crippen LogP contribution < -0.4 is 5.32 Å². The average Bonchev–Trinajstić information content (AvgIpc) is 1.87. The number of esters is 1. The highest BCUT2D eigenvalue weighted by Gasteiger charge is 1.86. The molecule has 0 bridgehead atoms. The van der Waals surface area contributed by atoms with E-state index in [-0.39, 0.29) is 12.5 Å². The van der Waals surface area contributed by atoms with Crippen molar-refractivity contribution in [2.45, 2.75) is 13.8 Å². The van der Waals surface area contributed by atoms with Gasteiger partial charge in [0.25, 0.3) is 0 Å². The molecule has 0 aliphatic carbocycles. The summed E-state index contributed by atoms with van der Waals surface area (Å²) in [6, 6.07) is 0. The number of likely N-dealkylation sites (N-methyl/N-ethyl adjacent to an activating group) is 1. The lowest BCUT2D eigenvalue weighted by molar-refractivity contribution is -0.140. The predicted molar refractivity (Wildman–Crippen MR) is 43.9 cm³/mol. The van der Waals surface area contributed by atoms with E-state index in [1.807, 2.05) is 0 Å². The van der Waals surface area contributed by atoms with Gasteiger partial charge >= 0.3 is 11.9 Å². The Kier molecular flexibility index (Phi) is 11.1. The van der Waals surface area contributed by atoms with Crippen LogP contribution in [0.1, 0.15) is 13.8 Å². The third-order valence-electron chi connectivity index (χ3n) is 0.676. The van der Waals surface area contributed by atoms with Crippen LogP contribution in [-0.4, -0.2) is 37.2 Å². The van der Waals surface area contributed by atoms with Crippen LogP contribution in [0.3, 0.4) is 0 Å². The zero-order valence-electron chi connectivity index (χ0n) is 7.59. The van der Waals surface area contributed by atoms with Crippen LogP contribution in [0.4, 0.5) is 0 Å². The number of rotatable bonds is 3. The van der Waals surface area contributed by atoms with Crippen molar-refractivity contribution < 1.29 is 19.4 Å². The molecule has 0 rings (SSSR count). The van der Waals surface area contributed by atoms with Gasteiger partial charge in [-0.1, -0.05) is 0 Å². The molecule has 0 aromatic rings. The molecule has 0 aliphatic heterocycles. The van der Waals surface area contributed by atoms with Gasteiger partial charge in [-0.3, -0.25) is 9.59 Å². The van der Waals surface area contributed by atoms with Crippen LogP contribution >= 0.6 is 0 Å². The molecule has 0 saturated heterocycles. The molecule has 0 saturated carbocycles. The zero-order valence-corrected chi connectivity index (χ0v) is 7.59. The first-order valence-corrected chi connectivity index (χ1v) is 3.54. The van der Waals surface area contributed by atoms with Gasteiger partial charge < -0.3 is 15.2 Å². The molecule has 2 N–H and O–H groups in total. The third-order valence-corrected chi connectivity index (χ3v) is 0.676. The first kappa shape index (κ1) is 13.5. The van der Waals surface area contributed by atoms with Gasteiger partial charge in [0.2, 0.25) is 0 Å². The first-order chi connectivity index (χ1) is 5.54. The fourth-order valence-electron chi connectivity index (χ4n) is 0.354. The van der Waals surface area contributed by atoms with Crippen molar-refractivity contribution in [1.82, 2.24) is 5.32 Å². The SMILES string of the molecule is CCOC(C)=O.CNCC(=O)O. The maximum absolute atomic E-state index is 9.82. The molecule has 0 amide bonds. The molecule has 72 valence electrons. The van der Waals surface area contributed by atoms with Crippen molar-refractivity contribution >= 4 is 11.9 Å². The van der Waals surface area contributed by atoms with E-state index >= 15 is 0 Å². The number of ether oxygens (including phenoxy) is 1. The highest BCUT2D eigenvalue weighted by molar-refractivity contribution is 5.68. The molecule has 0 heterocycles. The van der Waals surface area contributed by atoms with Crippen molar-refractivity contribution in [2.24, 2.45) is 0 Å². The van der Waals surface area contributed by atoms with Gasteiger partial charge in [0.15, 0.2) is 0 Å². The molecule has 0 atom stereocenters. The smallest absolute Gasteiger partial charge is 0.317 e. The van der Waals surface area contributed by atoms with Crippen LogP contribution in [0.15, 0.2) is 0 Å². The predicted octanol–water partition coefficient (Wildman–Crippen LogP) is -0.140. The molecular formula is C7H15NO4. The molecule has 0 aliphatic rings. The standard InChI is InChI=1S/C4H8O2.C3H7NO2/c1-3-6-4(2)5;1-4-2-3(5)6/h3H2,1-2H3;4H,2H2,1H3,(H,5,6). The minimum atomic E-state index is -0.822. The largest absolute Gasteiger partial charge is 0.480 e. The molecule has 12 heavy (non-hydrogen) atoms. The second kappa shape index (κ2) is 9.90. The molecule has 5 heteroatoms. The highest BCUT2D eigenvalue weighted by atomic mass is 16.5. The lowest BCUT2D eigenvalue weighted by atomic mass is 10.7. The van der Waals surface area contributed by atoms with Gasteiger partial charge in [0, 0.05) is 6.92 Å². The van der Waals surface area contributed by atoms with E-state index < -0.39 is 5.97 Å². The van der Waals surface area contributed by atoms with Crippen molar-refractivity contribution in [3.8, 4) is 0 Å². The Labute approximate surface area is 71.7 Å². The van der Waals surface area contributed by atoms with Gasteiger partial charge in [-0.05, 0) is 14.0 Å². The number of carbonyl (C=O) groups is 2. The molecule has 0 spiro atoms. The second-order valence-electron chi connectivity index (χ2n) is 1.85. The zero-order chi connectivity index (χ0) is 9.98. The van der Waals surface area contributed by atoms with Gasteiger partial charge in [-0.15, -0.1) is 0 Å². The normalized spacial score (nSPS) is 7.92. The van der Waals surface area contributed by atoms with E-state index in [0.29, 0.717) is 6.61 Å². The van der Waals surface area contributed by atoms with Crippen molar-refractivity contribution in [1.29, 1.82) is 0 Å². The topological polar surface area (TPSA) is 75.6 Å². The third kappa shape index (κ3) is 23.1. The van der Waals surface area contributed by atoms with E-state index in [0.717, 1.165) is 0 Å². The summed E-state index contributed by atoms with van der Waals surface area (Å²) in [6.45, 7) is 3.69. The number of hydrogen-bond donors (Lipinski definition) is 2. The van der Waals surface area contributed by atoms with E-state index in [1.165, 1.54) is 6.92 Å². The first-order valence-electron chi connectivity index (χ1n) is 3.54. The van der Waals surface area contributed by atoms with E-state index in [4.69, 9.17) is 5.11 Å². The number of carboxylic acid groups (broad SMARTS) is 1. The van der Waals surface area contributed by atoms with Crippen LogP contribution in [0.5, 0.6) is 0 Å². The van der Waals surface area contributed by atoms with Gasteiger partial charge in [0.1, 0.15) is 0 Å². The van der Waals surface area contributed by atoms with Gasteiger partial charge in [-0.2, -0.15) is 0 Å². The Morgan fingerprint density at radius 1 is 1.50 bits per heavy atom. The summed E-state index contributed by atoms with van der Waals surface area (Å²) in [7, 11) is 1.59. The summed E-state index contributed by atoms with van der Waals surface area (Å²) in [6.07, 6.45) is 0. The Bertz CT molecular complexity index is 119. The number of carbonyl (C=O) groups excluding carboxylic acids is 1. The molecule has 0 fully saturated rings. The fraction of sp³-hybridized carbons (Fsp3) is 0.714. The molecule has 0 aromatic carbocycles. The molecule has 0 unspecified atom stereocenters. The summed E-state index contributed by atoms with van der Waals surface area (Å²) in [4.78, 5) is 19.4. The second-order valence-corrected chi connectivity index (χ2v) is 1.85. The number of nitrogens with one attached hydrogen (secondary N) is 1. The lowest BCUT2D eigenvalue weighted by Gasteiger charge is -1.89. The molecule has 0 aromatic heterocycles. The average molecular weight is 177 g/mol. The summed E-state index contributed by atoms with van der Waals surface area (Å²) in [5.74, 6) is -1.03. The minimum absolute atomic E-state index is 0.0417. The molecule has 5 nitrogen and oxygen atoms in total. The minimum Gasteiger partial charge on any atom is -0.480 e. The summed E-state index contributed by atoms with van der Waals surface area (Å²) < 4.78 is 4.40. The molecular weight excluding hydrogens is 162 g/mol. The monoisotopic (exact) mass is 177 g/mol. The summed E-state index contributed by atoms with van der Waals surface area (Å²) in [5, 5.41) is 10.3. The number of carboxylic acids is 1. The van der Waals surface area contributed by atoms with Gasteiger partial charge in [-0.25, -0.2) is 0 Å². The van der Waals surface area contributed by atoms with Crippen LogP contribution in [0, 0.1) is 0 Å². The quantitative estimate of drug-likeness (QED) is 0.587. The highest BCUT2D eigenvalue weighted by Crippen LogP contribution is 1.69. The Morgan fingerprint density at radius 2 is 2.00 bits per heavy atom. The summed E-state index contributed by atoms with van der Waals surface area (Å²) in [5.41, 5.74) is 0. The van der Waals surface area contributed by atoms with Crippen molar-refractivity contribution in [3.63, 3.8) is 0 Å². The van der Waals surface area contributed by atoms with Crippen molar-refractivity contribution in [3.05, 3.63) is 0 Å². The lowest BCUT2D eigenvalue weighted by Crippen LogP contribution is -2.16. The number of aliphatic carboxylic acids is 1. The summed E-state index contributed by atoms with van der Waals surface area (Å²) >= 11 is 0. The van der Waals surface area contributed by atoms with Crippen LogP contribution in [0.2, 0.25) is 0 Å². The van der Waals surface area contributed by atoms with Crippen LogP contribution in [-0.2, 0) is 14.3 Å². The molecule has 0 radical (unpaired) electrons.